The van der Waals surface area contributed by atoms with Crippen LogP contribution >= 0.6 is 11.8 Å². The van der Waals surface area contributed by atoms with Crippen LogP contribution in [0.4, 0.5) is 18.9 Å². The van der Waals surface area contributed by atoms with E-state index in [0.29, 0.717) is 12.2 Å². The average Bonchev–Trinajstić information content (AvgIpc) is 2.26. The van der Waals surface area contributed by atoms with Gasteiger partial charge in [-0.1, -0.05) is 23.6 Å². The molecule has 1 rings (SSSR count). The maximum absolute atomic E-state index is 12.7. The standard InChI is InChI=1S/C13H12F3NOS/c1-9(18)19-7-3-2-4-10-8-11(17)5-6-12(10)13(14,15)16/h5-6,8H,3,7,17H2,1H3. The molecule has 1 aromatic rings. The predicted molar refractivity (Wildman–Crippen MR) is 70.5 cm³/mol. The van der Waals surface area contributed by atoms with Crippen molar-refractivity contribution in [3.8, 4) is 11.8 Å². The summed E-state index contributed by atoms with van der Waals surface area (Å²) in [5.74, 6) is 5.54. The molecule has 0 aliphatic heterocycles. The summed E-state index contributed by atoms with van der Waals surface area (Å²) in [6.07, 6.45) is -4.11. The summed E-state index contributed by atoms with van der Waals surface area (Å²) in [6, 6.07) is 3.32. The first kappa shape index (κ1) is 15.4. The van der Waals surface area contributed by atoms with E-state index >= 15 is 0 Å². The number of hydrogen-bond acceptors (Lipinski definition) is 3. The van der Waals surface area contributed by atoms with Crippen LogP contribution in [-0.4, -0.2) is 10.9 Å². The van der Waals surface area contributed by atoms with Crippen molar-refractivity contribution in [1.29, 1.82) is 0 Å². The van der Waals surface area contributed by atoms with Crippen LogP contribution in [0, 0.1) is 11.8 Å². The lowest BCUT2D eigenvalue weighted by Gasteiger charge is -2.09. The van der Waals surface area contributed by atoms with Crippen LogP contribution in [0.5, 0.6) is 0 Å². The minimum Gasteiger partial charge on any atom is -0.399 e. The topological polar surface area (TPSA) is 43.1 Å². The molecule has 6 heteroatoms. The summed E-state index contributed by atoms with van der Waals surface area (Å²) in [7, 11) is 0. The summed E-state index contributed by atoms with van der Waals surface area (Å²) < 4.78 is 38.1. The van der Waals surface area contributed by atoms with Gasteiger partial charge in [0.2, 0.25) is 0 Å². The van der Waals surface area contributed by atoms with Crippen molar-refractivity contribution in [2.45, 2.75) is 19.5 Å². The zero-order chi connectivity index (χ0) is 14.5. The minimum absolute atomic E-state index is 0.0401. The molecule has 0 fully saturated rings. The third-order valence-electron chi connectivity index (χ3n) is 2.10. The monoisotopic (exact) mass is 287 g/mol. The third-order valence-corrected chi connectivity index (χ3v) is 2.92. The molecule has 0 radical (unpaired) electrons. The lowest BCUT2D eigenvalue weighted by atomic mass is 10.1. The molecule has 0 atom stereocenters. The Labute approximate surface area is 113 Å². The van der Waals surface area contributed by atoms with Crippen LogP contribution in [0.25, 0.3) is 0 Å². The van der Waals surface area contributed by atoms with Crippen molar-refractivity contribution in [3.63, 3.8) is 0 Å². The fraction of sp³-hybridized carbons (Fsp3) is 0.308. The summed E-state index contributed by atoms with van der Waals surface area (Å²) in [6.45, 7) is 1.43. The van der Waals surface area contributed by atoms with Gasteiger partial charge in [0.1, 0.15) is 0 Å². The largest absolute Gasteiger partial charge is 0.417 e. The Bertz CT molecular complexity index is 529. The van der Waals surface area contributed by atoms with E-state index in [2.05, 4.69) is 11.8 Å². The molecule has 0 unspecified atom stereocenters. The molecule has 1 aromatic carbocycles. The van der Waals surface area contributed by atoms with Gasteiger partial charge in [-0.2, -0.15) is 13.2 Å². The van der Waals surface area contributed by atoms with Crippen LogP contribution in [0.1, 0.15) is 24.5 Å². The Morgan fingerprint density at radius 3 is 2.68 bits per heavy atom. The van der Waals surface area contributed by atoms with E-state index in [0.717, 1.165) is 17.8 Å². The van der Waals surface area contributed by atoms with E-state index < -0.39 is 11.7 Å². The summed E-state index contributed by atoms with van der Waals surface area (Å²) >= 11 is 1.09. The van der Waals surface area contributed by atoms with Crippen LogP contribution < -0.4 is 5.73 Å². The first-order chi connectivity index (χ1) is 8.80. The molecule has 0 aliphatic rings. The smallest absolute Gasteiger partial charge is 0.399 e. The maximum atomic E-state index is 12.7. The average molecular weight is 287 g/mol. The molecule has 2 N–H and O–H groups in total. The van der Waals surface area contributed by atoms with E-state index in [1.165, 1.54) is 19.1 Å². The van der Waals surface area contributed by atoms with Crippen molar-refractivity contribution in [3.05, 3.63) is 29.3 Å². The first-order valence-electron chi connectivity index (χ1n) is 5.39. The number of hydrogen-bond donors (Lipinski definition) is 1. The SMILES string of the molecule is CC(=O)SCCC#Cc1cc(N)ccc1C(F)(F)F. The van der Waals surface area contributed by atoms with E-state index in [4.69, 9.17) is 5.73 Å². The Hall–Kier alpha value is -1.61. The van der Waals surface area contributed by atoms with Crippen molar-refractivity contribution in [2.24, 2.45) is 0 Å². The van der Waals surface area contributed by atoms with E-state index in [9.17, 15) is 18.0 Å². The lowest BCUT2D eigenvalue weighted by Crippen LogP contribution is -2.08. The highest BCUT2D eigenvalue weighted by Gasteiger charge is 2.32. The van der Waals surface area contributed by atoms with Gasteiger partial charge < -0.3 is 5.73 Å². The minimum atomic E-state index is -4.45. The molecule has 102 valence electrons. The second-order valence-electron chi connectivity index (χ2n) is 3.69. The number of anilines is 1. The number of alkyl halides is 3. The first-order valence-corrected chi connectivity index (χ1v) is 6.38. The van der Waals surface area contributed by atoms with Crippen molar-refractivity contribution in [2.75, 3.05) is 11.5 Å². The van der Waals surface area contributed by atoms with Crippen molar-refractivity contribution >= 4 is 22.6 Å². The van der Waals surface area contributed by atoms with E-state index in [1.54, 1.807) is 0 Å². The van der Waals surface area contributed by atoms with Gasteiger partial charge in [-0.3, -0.25) is 4.79 Å². The van der Waals surface area contributed by atoms with Crippen LogP contribution in [-0.2, 0) is 11.0 Å². The normalized spacial score (nSPS) is 10.7. The second-order valence-corrected chi connectivity index (χ2v) is 4.97. The van der Waals surface area contributed by atoms with Crippen LogP contribution in [0.15, 0.2) is 18.2 Å². The third kappa shape index (κ3) is 5.26. The summed E-state index contributed by atoms with van der Waals surface area (Å²) in [5.41, 5.74) is 4.75. The molecule has 0 amide bonds. The molecule has 0 aromatic heterocycles. The zero-order valence-corrected chi connectivity index (χ0v) is 11.0. The number of carbonyl (C=O) groups is 1. The number of rotatable bonds is 2. The molecule has 0 heterocycles. The van der Waals surface area contributed by atoms with Crippen molar-refractivity contribution in [1.82, 2.24) is 0 Å². The number of carbonyl (C=O) groups excluding carboxylic acids is 1. The number of nitrogen functional groups attached to an aromatic ring is 1. The van der Waals surface area contributed by atoms with Gasteiger partial charge in [-0.05, 0) is 18.2 Å². The fourth-order valence-electron chi connectivity index (χ4n) is 1.32. The molecule has 0 saturated carbocycles. The fourth-order valence-corrected chi connectivity index (χ4v) is 1.81. The molecule has 0 spiro atoms. The maximum Gasteiger partial charge on any atom is 0.417 e. The van der Waals surface area contributed by atoms with Gasteiger partial charge in [0, 0.05) is 30.3 Å². The molecule has 0 saturated heterocycles. The van der Waals surface area contributed by atoms with Gasteiger partial charge in [0.15, 0.2) is 5.12 Å². The van der Waals surface area contributed by atoms with E-state index in [-0.39, 0.29) is 16.4 Å². The highest BCUT2D eigenvalue weighted by Crippen LogP contribution is 2.32. The molecule has 0 bridgehead atoms. The number of halogens is 3. The number of benzene rings is 1. The quantitative estimate of drug-likeness (QED) is 0.515. The number of thioether (sulfide) groups is 1. The highest BCUT2D eigenvalue weighted by atomic mass is 32.2. The van der Waals surface area contributed by atoms with Gasteiger partial charge in [0.25, 0.3) is 0 Å². The van der Waals surface area contributed by atoms with Crippen LogP contribution in [0.2, 0.25) is 0 Å². The van der Waals surface area contributed by atoms with Crippen molar-refractivity contribution < 1.29 is 18.0 Å². The molecular weight excluding hydrogens is 275 g/mol. The Morgan fingerprint density at radius 2 is 2.11 bits per heavy atom. The molecule has 2 nitrogen and oxygen atoms in total. The predicted octanol–water partition coefficient (Wildman–Crippen LogP) is 3.31. The van der Waals surface area contributed by atoms with Gasteiger partial charge >= 0.3 is 6.18 Å². The Kier molecular flexibility index (Phi) is 5.31. The second kappa shape index (κ2) is 6.53. The van der Waals surface area contributed by atoms with Gasteiger partial charge in [0.05, 0.1) is 5.56 Å². The van der Waals surface area contributed by atoms with Crippen LogP contribution in [0.3, 0.4) is 0 Å². The Balaban J connectivity index is 2.85. The molecule has 0 aliphatic carbocycles. The zero-order valence-electron chi connectivity index (χ0n) is 10.2. The molecular formula is C13H12F3NOS. The van der Waals surface area contributed by atoms with Gasteiger partial charge in [-0.15, -0.1) is 0 Å². The number of nitrogens with two attached hydrogens (primary N) is 1. The molecule has 19 heavy (non-hydrogen) atoms. The highest BCUT2D eigenvalue weighted by molar-refractivity contribution is 8.13. The van der Waals surface area contributed by atoms with E-state index in [1.807, 2.05) is 0 Å². The Morgan fingerprint density at radius 1 is 1.42 bits per heavy atom. The van der Waals surface area contributed by atoms with Gasteiger partial charge in [-0.25, -0.2) is 0 Å². The lowest BCUT2D eigenvalue weighted by molar-refractivity contribution is -0.137. The summed E-state index contributed by atoms with van der Waals surface area (Å²) in [5, 5.41) is -0.0401. The summed E-state index contributed by atoms with van der Waals surface area (Å²) in [4.78, 5) is 10.7.